The average Bonchev–Trinajstić information content (AvgIpc) is 3.10. The van der Waals surface area contributed by atoms with E-state index in [1.54, 1.807) is 0 Å². The third-order valence-electron chi connectivity index (χ3n) is 5.43. The lowest BCUT2D eigenvalue weighted by Gasteiger charge is -2.14. The molecular weight excluding hydrogens is 336 g/mol. The zero-order valence-corrected chi connectivity index (χ0v) is 15.6. The molecule has 0 radical (unpaired) electrons. The van der Waals surface area contributed by atoms with Crippen molar-refractivity contribution in [1.82, 2.24) is 0 Å². The van der Waals surface area contributed by atoms with Crippen LogP contribution in [0.2, 0.25) is 0 Å². The number of allylic oxidation sites excluding steroid dienone is 7. The maximum Gasteiger partial charge on any atom is 0.0761 e. The van der Waals surface area contributed by atoms with Gasteiger partial charge in [-0.2, -0.15) is 0 Å². The topological polar surface area (TPSA) is 0 Å². The average molecular weight is 357 g/mol. The molecule has 2 aliphatic carbocycles. The van der Waals surface area contributed by atoms with Gasteiger partial charge >= 0.3 is 0 Å². The summed E-state index contributed by atoms with van der Waals surface area (Å²) in [6.45, 7) is 0. The summed E-state index contributed by atoms with van der Waals surface area (Å²) in [5.41, 5.74) is 7.88. The predicted molar refractivity (Wildman–Crippen MR) is 118 cm³/mol. The van der Waals surface area contributed by atoms with E-state index in [9.17, 15) is 0 Å². The highest BCUT2D eigenvalue weighted by molar-refractivity contribution is 5.96. The molecule has 3 aromatic rings. The molecule has 0 heteroatoms. The van der Waals surface area contributed by atoms with E-state index in [2.05, 4.69) is 121 Å². The van der Waals surface area contributed by atoms with Gasteiger partial charge in [0.25, 0.3) is 0 Å². The second kappa shape index (κ2) is 7.25. The van der Waals surface area contributed by atoms with E-state index in [1.807, 2.05) is 0 Å². The lowest BCUT2D eigenvalue weighted by Crippen LogP contribution is -2.05. The summed E-state index contributed by atoms with van der Waals surface area (Å²) in [6.07, 6.45) is 11.3. The van der Waals surface area contributed by atoms with Gasteiger partial charge in [-0.1, -0.05) is 54.6 Å². The molecule has 28 heavy (non-hydrogen) atoms. The Hall–Kier alpha value is -3.51. The maximum atomic E-state index is 2.35. The van der Waals surface area contributed by atoms with Crippen molar-refractivity contribution in [3.8, 4) is 0 Å². The van der Waals surface area contributed by atoms with Gasteiger partial charge in [-0.25, -0.2) is 0 Å². The third kappa shape index (κ3) is 2.93. The molecule has 0 saturated carbocycles. The quantitative estimate of drug-likeness (QED) is 0.447. The van der Waals surface area contributed by atoms with Crippen molar-refractivity contribution in [2.75, 3.05) is 0 Å². The highest BCUT2D eigenvalue weighted by Gasteiger charge is 2.43. The van der Waals surface area contributed by atoms with Gasteiger partial charge in [0.15, 0.2) is 0 Å². The Balaban J connectivity index is 1.75. The SMILES string of the molecule is C1=CC2=C(c3ccccc3)[C+](c3ccccc3)/C(=C/c3ccccc3)C2C=C1. The number of benzene rings is 3. The molecule has 0 N–H and O–H groups in total. The highest BCUT2D eigenvalue weighted by Crippen LogP contribution is 2.53. The Labute approximate surface area is 166 Å². The standard InChI is InChI=1S/C28H21/c1-4-12-21(13-5-1)20-26-24-18-10-11-19-25(24)27(22-14-6-2-7-15-22)28(26)23-16-8-3-9-17-23/h1-20,24H/q+1/b26-20+. The van der Waals surface area contributed by atoms with Crippen molar-refractivity contribution >= 4 is 11.6 Å². The first-order valence-electron chi connectivity index (χ1n) is 9.76. The smallest absolute Gasteiger partial charge is 0.0652 e. The first kappa shape index (κ1) is 16.6. The number of fused-ring (bicyclic) bond motifs is 1. The number of rotatable bonds is 3. The predicted octanol–water partition coefficient (Wildman–Crippen LogP) is 6.90. The van der Waals surface area contributed by atoms with Crippen LogP contribution in [0.15, 0.2) is 126 Å². The summed E-state index contributed by atoms with van der Waals surface area (Å²) >= 11 is 0. The third-order valence-corrected chi connectivity index (χ3v) is 5.43. The Morgan fingerprint density at radius 2 is 1.32 bits per heavy atom. The molecule has 0 heterocycles. The van der Waals surface area contributed by atoms with Crippen LogP contribution in [0.1, 0.15) is 16.7 Å². The lowest BCUT2D eigenvalue weighted by atomic mass is 9.83. The summed E-state index contributed by atoms with van der Waals surface area (Å²) in [6, 6.07) is 32.2. The van der Waals surface area contributed by atoms with Crippen molar-refractivity contribution in [3.05, 3.63) is 149 Å². The molecule has 0 aliphatic heterocycles. The van der Waals surface area contributed by atoms with Crippen LogP contribution in [0.4, 0.5) is 0 Å². The van der Waals surface area contributed by atoms with E-state index in [0.717, 1.165) is 0 Å². The summed E-state index contributed by atoms with van der Waals surface area (Å²) < 4.78 is 0. The number of hydrogen-bond acceptors (Lipinski definition) is 0. The van der Waals surface area contributed by atoms with Gasteiger partial charge in [-0.05, 0) is 66.7 Å². The molecule has 0 fully saturated rings. The van der Waals surface area contributed by atoms with Gasteiger partial charge in [-0.15, -0.1) is 0 Å². The number of hydrogen-bond donors (Lipinski definition) is 0. The largest absolute Gasteiger partial charge is 0.0761 e. The van der Waals surface area contributed by atoms with Gasteiger partial charge < -0.3 is 0 Å². The van der Waals surface area contributed by atoms with Crippen LogP contribution in [0.3, 0.4) is 0 Å². The molecule has 0 spiro atoms. The van der Waals surface area contributed by atoms with Crippen LogP contribution < -0.4 is 0 Å². The monoisotopic (exact) mass is 357 g/mol. The van der Waals surface area contributed by atoms with Crippen LogP contribution in [-0.2, 0) is 0 Å². The minimum Gasteiger partial charge on any atom is -0.0652 e. The molecule has 1 unspecified atom stereocenters. The molecule has 2 aliphatic rings. The molecule has 3 aromatic carbocycles. The van der Waals surface area contributed by atoms with E-state index in [-0.39, 0.29) is 5.92 Å². The van der Waals surface area contributed by atoms with Crippen molar-refractivity contribution in [3.63, 3.8) is 0 Å². The zero-order valence-electron chi connectivity index (χ0n) is 15.6. The van der Waals surface area contributed by atoms with Crippen LogP contribution in [-0.4, -0.2) is 0 Å². The van der Waals surface area contributed by atoms with Crippen LogP contribution in [0, 0.1) is 11.8 Å². The summed E-state index contributed by atoms with van der Waals surface area (Å²) in [7, 11) is 0. The fourth-order valence-corrected chi connectivity index (χ4v) is 4.22. The highest BCUT2D eigenvalue weighted by atomic mass is 14.4. The minimum absolute atomic E-state index is 0.288. The molecular formula is C28H21+. The van der Waals surface area contributed by atoms with Gasteiger partial charge in [0, 0.05) is 22.3 Å². The van der Waals surface area contributed by atoms with Crippen LogP contribution in [0.5, 0.6) is 0 Å². The molecule has 0 bridgehead atoms. The fourth-order valence-electron chi connectivity index (χ4n) is 4.22. The second-order valence-electron chi connectivity index (χ2n) is 7.17. The minimum atomic E-state index is 0.288. The molecule has 132 valence electrons. The van der Waals surface area contributed by atoms with Crippen molar-refractivity contribution < 1.29 is 0 Å². The van der Waals surface area contributed by atoms with E-state index in [0.29, 0.717) is 0 Å². The molecule has 0 nitrogen and oxygen atoms in total. The summed E-state index contributed by atoms with van der Waals surface area (Å²) in [4.78, 5) is 0. The van der Waals surface area contributed by atoms with Crippen LogP contribution >= 0.6 is 0 Å². The van der Waals surface area contributed by atoms with Crippen molar-refractivity contribution in [2.24, 2.45) is 5.92 Å². The Morgan fingerprint density at radius 1 is 0.679 bits per heavy atom. The molecule has 0 amide bonds. The summed E-state index contributed by atoms with van der Waals surface area (Å²) in [5.74, 6) is 1.63. The van der Waals surface area contributed by atoms with E-state index in [4.69, 9.17) is 0 Å². The van der Waals surface area contributed by atoms with Crippen molar-refractivity contribution in [1.29, 1.82) is 0 Å². The zero-order chi connectivity index (χ0) is 18.8. The van der Waals surface area contributed by atoms with E-state index < -0.39 is 0 Å². The molecule has 1 atom stereocenters. The Bertz CT molecular complexity index is 1080. The normalized spacial score (nSPS) is 19.4. The first-order valence-corrected chi connectivity index (χ1v) is 9.76. The van der Waals surface area contributed by atoms with Gasteiger partial charge in [0.05, 0.1) is 23.0 Å². The Morgan fingerprint density at radius 3 is 2.04 bits per heavy atom. The summed E-state index contributed by atoms with van der Waals surface area (Å²) in [5, 5.41) is 0. The van der Waals surface area contributed by atoms with E-state index >= 15 is 0 Å². The Kier molecular flexibility index (Phi) is 4.31. The van der Waals surface area contributed by atoms with E-state index in [1.165, 1.54) is 39.3 Å². The molecule has 0 aromatic heterocycles. The van der Waals surface area contributed by atoms with Crippen LogP contribution in [0.25, 0.3) is 11.6 Å². The van der Waals surface area contributed by atoms with Gasteiger partial charge in [0.2, 0.25) is 0 Å². The molecule has 0 saturated heterocycles. The van der Waals surface area contributed by atoms with Gasteiger partial charge in [0.1, 0.15) is 0 Å². The van der Waals surface area contributed by atoms with Gasteiger partial charge in [-0.3, -0.25) is 0 Å². The first-order chi connectivity index (χ1) is 13.9. The lowest BCUT2D eigenvalue weighted by molar-refractivity contribution is 0.961. The molecule has 5 rings (SSSR count). The fraction of sp³-hybridized carbons (Fsp3) is 0.0357. The maximum absolute atomic E-state index is 2.35. The van der Waals surface area contributed by atoms with Crippen molar-refractivity contribution in [2.45, 2.75) is 0 Å². The second-order valence-corrected chi connectivity index (χ2v) is 7.17.